The van der Waals surface area contributed by atoms with E-state index in [1.807, 2.05) is 66.7 Å². The van der Waals surface area contributed by atoms with Crippen molar-refractivity contribution in [2.75, 3.05) is 0 Å². The molecule has 0 aliphatic carbocycles. The average Bonchev–Trinajstić information content (AvgIpc) is 2.63. The van der Waals surface area contributed by atoms with Crippen molar-refractivity contribution in [3.8, 4) is 17.2 Å². The van der Waals surface area contributed by atoms with Gasteiger partial charge in [0.2, 0.25) is 0 Å². The van der Waals surface area contributed by atoms with Gasteiger partial charge in [0.05, 0.1) is 5.56 Å². The van der Waals surface area contributed by atoms with Crippen molar-refractivity contribution in [2.45, 2.75) is 12.5 Å². The van der Waals surface area contributed by atoms with E-state index in [1.165, 1.54) is 6.07 Å². The summed E-state index contributed by atoms with van der Waals surface area (Å²) in [4.78, 5) is 0. The Hall–Kier alpha value is -2.96. The molecule has 1 unspecified atom stereocenters. The minimum atomic E-state index is -0.532. The van der Waals surface area contributed by atoms with Gasteiger partial charge in [0.15, 0.2) is 0 Å². The maximum Gasteiger partial charge on any atom is 0.146 e. The first-order valence-corrected chi connectivity index (χ1v) is 7.78. The van der Waals surface area contributed by atoms with E-state index in [4.69, 9.17) is 11.0 Å². The molecule has 0 aliphatic rings. The van der Waals surface area contributed by atoms with Gasteiger partial charge in [-0.25, -0.2) is 4.39 Å². The van der Waals surface area contributed by atoms with Gasteiger partial charge < -0.3 is 5.73 Å². The molecule has 2 nitrogen and oxygen atoms in total. The Labute approximate surface area is 141 Å². The Morgan fingerprint density at radius 1 is 0.917 bits per heavy atom. The predicted molar refractivity (Wildman–Crippen MR) is 93.6 cm³/mol. The quantitative estimate of drug-likeness (QED) is 0.764. The van der Waals surface area contributed by atoms with Crippen molar-refractivity contribution in [1.82, 2.24) is 0 Å². The molecule has 0 saturated heterocycles. The van der Waals surface area contributed by atoms with Crippen LogP contribution < -0.4 is 5.73 Å². The number of nitrogens with zero attached hydrogens (tertiary/aromatic N) is 1. The summed E-state index contributed by atoms with van der Waals surface area (Å²) in [6, 6.07) is 23.9. The standard InChI is InChI=1S/C21H17FN2/c22-21-17(14-23)11-12-18(16-9-5-2-6-10-16)20(21)19(24)13-15-7-3-1-4-8-15/h1-12,19H,13,24H2. The molecule has 0 amide bonds. The molecule has 24 heavy (non-hydrogen) atoms. The van der Waals surface area contributed by atoms with Gasteiger partial charge in [-0.1, -0.05) is 66.7 Å². The van der Waals surface area contributed by atoms with E-state index in [1.54, 1.807) is 6.07 Å². The molecule has 0 fully saturated rings. The Balaban J connectivity index is 2.09. The van der Waals surface area contributed by atoms with Crippen LogP contribution in [0.3, 0.4) is 0 Å². The van der Waals surface area contributed by atoms with Crippen molar-refractivity contribution in [1.29, 1.82) is 5.26 Å². The fraction of sp³-hybridized carbons (Fsp3) is 0.0952. The summed E-state index contributed by atoms with van der Waals surface area (Å²) < 4.78 is 14.9. The SMILES string of the molecule is N#Cc1ccc(-c2ccccc2)c(C(N)Cc2ccccc2)c1F. The van der Waals surface area contributed by atoms with E-state index in [2.05, 4.69) is 0 Å². The Kier molecular flexibility index (Phi) is 4.69. The molecule has 0 radical (unpaired) electrons. The zero-order valence-corrected chi connectivity index (χ0v) is 13.1. The summed E-state index contributed by atoms with van der Waals surface area (Å²) >= 11 is 0. The van der Waals surface area contributed by atoms with Crippen LogP contribution in [-0.2, 0) is 6.42 Å². The van der Waals surface area contributed by atoms with E-state index in [0.29, 0.717) is 12.0 Å². The molecule has 0 spiro atoms. The summed E-state index contributed by atoms with van der Waals surface area (Å²) in [6.45, 7) is 0. The number of hydrogen-bond donors (Lipinski definition) is 1. The first kappa shape index (κ1) is 15.9. The van der Waals surface area contributed by atoms with Crippen molar-refractivity contribution in [2.24, 2.45) is 5.73 Å². The molecule has 2 N–H and O–H groups in total. The van der Waals surface area contributed by atoms with E-state index in [0.717, 1.165) is 16.7 Å². The lowest BCUT2D eigenvalue weighted by molar-refractivity contribution is 0.578. The minimum absolute atomic E-state index is 0.0215. The molecule has 1 atom stereocenters. The van der Waals surface area contributed by atoms with Gasteiger partial charge in [0.1, 0.15) is 11.9 Å². The van der Waals surface area contributed by atoms with Crippen molar-refractivity contribution in [3.05, 3.63) is 95.3 Å². The van der Waals surface area contributed by atoms with E-state index in [-0.39, 0.29) is 5.56 Å². The first-order chi connectivity index (χ1) is 11.7. The molecule has 3 aromatic carbocycles. The number of halogens is 1. The Bertz CT molecular complexity index is 868. The highest BCUT2D eigenvalue weighted by atomic mass is 19.1. The Morgan fingerprint density at radius 3 is 2.17 bits per heavy atom. The van der Waals surface area contributed by atoms with Crippen LogP contribution in [0.15, 0.2) is 72.8 Å². The molecule has 0 aromatic heterocycles. The third kappa shape index (κ3) is 3.19. The first-order valence-electron chi connectivity index (χ1n) is 7.78. The molecule has 0 bridgehead atoms. The number of benzene rings is 3. The third-order valence-corrected chi connectivity index (χ3v) is 4.05. The van der Waals surface area contributed by atoms with Crippen LogP contribution in [0.1, 0.15) is 22.7 Å². The van der Waals surface area contributed by atoms with Crippen LogP contribution in [-0.4, -0.2) is 0 Å². The van der Waals surface area contributed by atoms with Crippen LogP contribution in [0.4, 0.5) is 4.39 Å². The van der Waals surface area contributed by atoms with E-state index in [9.17, 15) is 4.39 Å². The van der Waals surface area contributed by atoms with Crippen LogP contribution in [0.5, 0.6) is 0 Å². The van der Waals surface area contributed by atoms with Crippen LogP contribution in [0, 0.1) is 17.1 Å². The second-order valence-electron chi connectivity index (χ2n) is 5.66. The highest BCUT2D eigenvalue weighted by Gasteiger charge is 2.20. The largest absolute Gasteiger partial charge is 0.324 e. The Morgan fingerprint density at radius 2 is 1.54 bits per heavy atom. The molecule has 3 heteroatoms. The maximum atomic E-state index is 14.9. The summed E-state index contributed by atoms with van der Waals surface area (Å²) in [5.74, 6) is -0.526. The van der Waals surface area contributed by atoms with Gasteiger partial charge in [0.25, 0.3) is 0 Å². The normalized spacial score (nSPS) is 11.7. The summed E-state index contributed by atoms with van der Waals surface area (Å²) in [7, 11) is 0. The third-order valence-electron chi connectivity index (χ3n) is 4.05. The molecule has 3 aromatic rings. The number of nitriles is 1. The number of hydrogen-bond acceptors (Lipinski definition) is 2. The van der Waals surface area contributed by atoms with Crippen LogP contribution in [0.25, 0.3) is 11.1 Å². The molecular weight excluding hydrogens is 299 g/mol. The highest BCUT2D eigenvalue weighted by molar-refractivity contribution is 5.69. The van der Waals surface area contributed by atoms with Crippen molar-refractivity contribution >= 4 is 0 Å². The summed E-state index contributed by atoms with van der Waals surface area (Å²) in [6.07, 6.45) is 0.506. The number of rotatable bonds is 4. The summed E-state index contributed by atoms with van der Waals surface area (Å²) in [5, 5.41) is 9.15. The zero-order chi connectivity index (χ0) is 16.9. The van der Waals surface area contributed by atoms with E-state index >= 15 is 0 Å². The van der Waals surface area contributed by atoms with Gasteiger partial charge in [-0.3, -0.25) is 0 Å². The molecular formula is C21H17FN2. The maximum absolute atomic E-state index is 14.9. The summed E-state index contributed by atoms with van der Waals surface area (Å²) in [5.41, 5.74) is 9.41. The van der Waals surface area contributed by atoms with Gasteiger partial charge in [0, 0.05) is 11.6 Å². The van der Waals surface area contributed by atoms with Crippen LogP contribution in [0.2, 0.25) is 0 Å². The van der Waals surface area contributed by atoms with Gasteiger partial charge in [-0.15, -0.1) is 0 Å². The monoisotopic (exact) mass is 316 g/mol. The van der Waals surface area contributed by atoms with Gasteiger partial charge >= 0.3 is 0 Å². The fourth-order valence-electron chi connectivity index (χ4n) is 2.88. The molecule has 3 rings (SSSR count). The zero-order valence-electron chi connectivity index (χ0n) is 13.1. The van der Waals surface area contributed by atoms with Gasteiger partial charge in [-0.2, -0.15) is 5.26 Å². The molecule has 0 aliphatic heterocycles. The number of nitrogens with two attached hydrogens (primary N) is 1. The average molecular weight is 316 g/mol. The predicted octanol–water partition coefficient (Wildman–Crippen LogP) is 4.61. The minimum Gasteiger partial charge on any atom is -0.324 e. The van der Waals surface area contributed by atoms with Gasteiger partial charge in [-0.05, 0) is 29.2 Å². The topological polar surface area (TPSA) is 49.8 Å². The fourth-order valence-corrected chi connectivity index (χ4v) is 2.88. The lowest BCUT2D eigenvalue weighted by Crippen LogP contribution is -2.17. The lowest BCUT2D eigenvalue weighted by atomic mass is 9.90. The van der Waals surface area contributed by atoms with E-state index < -0.39 is 11.9 Å². The smallest absolute Gasteiger partial charge is 0.146 e. The second kappa shape index (κ2) is 7.08. The highest BCUT2D eigenvalue weighted by Crippen LogP contribution is 2.32. The molecule has 0 heterocycles. The lowest BCUT2D eigenvalue weighted by Gasteiger charge is -2.18. The van der Waals surface area contributed by atoms with Crippen molar-refractivity contribution in [3.63, 3.8) is 0 Å². The molecule has 118 valence electrons. The van der Waals surface area contributed by atoms with Crippen molar-refractivity contribution < 1.29 is 4.39 Å². The second-order valence-corrected chi connectivity index (χ2v) is 5.66. The van der Waals surface area contributed by atoms with Crippen LogP contribution >= 0.6 is 0 Å². The molecule has 0 saturated carbocycles.